The maximum atomic E-state index is 15.1. The van der Waals surface area contributed by atoms with Crippen LogP contribution in [0.25, 0.3) is 10.9 Å². The van der Waals surface area contributed by atoms with E-state index < -0.39 is 31.7 Å². The Bertz CT molecular complexity index is 1800. The molecule has 0 bridgehead atoms. The third kappa shape index (κ3) is 6.16. The zero-order valence-corrected chi connectivity index (χ0v) is 24.0. The fraction of sp³-hybridized carbons (Fsp3) is 0.179. The Morgan fingerprint density at radius 3 is 2.54 bits per heavy atom. The lowest BCUT2D eigenvalue weighted by molar-refractivity contribution is 0.480. The molecule has 1 atom stereocenters. The van der Waals surface area contributed by atoms with Gasteiger partial charge in [-0.25, -0.2) is 13.8 Å². The molecule has 13 heteroatoms. The number of nitrogens with zero attached hydrogens (tertiary/aromatic N) is 6. The van der Waals surface area contributed by atoms with E-state index >= 15 is 4.39 Å². The summed E-state index contributed by atoms with van der Waals surface area (Å²) in [7, 11) is -1.53. The van der Waals surface area contributed by atoms with E-state index in [1.165, 1.54) is 12.3 Å². The van der Waals surface area contributed by atoms with Crippen LogP contribution >= 0.6 is 11.6 Å². The molecule has 0 amide bonds. The van der Waals surface area contributed by atoms with Crippen LogP contribution in [0, 0.1) is 28.9 Å². The van der Waals surface area contributed by atoms with Crippen LogP contribution in [0.15, 0.2) is 61.1 Å². The predicted molar refractivity (Wildman–Crippen MR) is 154 cm³/mol. The van der Waals surface area contributed by atoms with Gasteiger partial charge in [-0.3, -0.25) is 9.67 Å². The van der Waals surface area contributed by atoms with Gasteiger partial charge in [0.1, 0.15) is 23.6 Å². The fourth-order valence-corrected chi connectivity index (χ4v) is 5.76. The largest absolute Gasteiger partial charge is 0.371 e. The molecule has 0 radical (unpaired) electrons. The molecule has 0 saturated carbocycles. The molecular formula is C28H24ClF3N8Si. The molecule has 0 aliphatic carbocycles. The number of halogens is 4. The molecule has 2 N–H and O–H groups in total. The van der Waals surface area contributed by atoms with Crippen molar-refractivity contribution in [3.05, 3.63) is 100 Å². The van der Waals surface area contributed by atoms with Gasteiger partial charge in [0.2, 0.25) is 5.95 Å². The maximum absolute atomic E-state index is 15.1. The summed E-state index contributed by atoms with van der Waals surface area (Å²) < 4.78 is 44.2. The summed E-state index contributed by atoms with van der Waals surface area (Å²) in [6, 6.07) is 11.8. The first-order valence-corrected chi connectivity index (χ1v) is 16.6. The zero-order chi connectivity index (χ0) is 29.3. The van der Waals surface area contributed by atoms with Crippen molar-refractivity contribution in [1.82, 2.24) is 25.0 Å². The molecule has 41 heavy (non-hydrogen) atoms. The van der Waals surface area contributed by atoms with Crippen LogP contribution in [0.3, 0.4) is 0 Å². The second-order valence-corrected chi connectivity index (χ2v) is 16.5. The number of nitrogens with one attached hydrogen (secondary N) is 2. The summed E-state index contributed by atoms with van der Waals surface area (Å²) in [5.41, 5.74) is 2.15. The summed E-state index contributed by atoms with van der Waals surface area (Å²) in [6.07, 6.45) is 4.97. The lowest BCUT2D eigenvalue weighted by atomic mass is 10.0. The second-order valence-electron chi connectivity index (χ2n) is 10.6. The maximum Gasteiger partial charge on any atom is 0.249 e. The van der Waals surface area contributed by atoms with Gasteiger partial charge in [-0.1, -0.05) is 54.7 Å². The fourth-order valence-electron chi connectivity index (χ4n) is 4.42. The van der Waals surface area contributed by atoms with Gasteiger partial charge < -0.3 is 10.6 Å². The molecule has 3 heterocycles. The first-order valence-electron chi connectivity index (χ1n) is 12.5. The number of aromatic nitrogens is 5. The van der Waals surface area contributed by atoms with Crippen LogP contribution in [0.2, 0.25) is 24.7 Å². The van der Waals surface area contributed by atoms with Crippen molar-refractivity contribution >= 4 is 47.6 Å². The quantitative estimate of drug-likeness (QED) is 0.148. The average Bonchev–Trinajstić information content (AvgIpc) is 3.36. The number of hydrogen-bond acceptors (Lipinski definition) is 7. The van der Waals surface area contributed by atoms with Crippen molar-refractivity contribution < 1.29 is 13.2 Å². The second kappa shape index (κ2) is 11.2. The van der Waals surface area contributed by atoms with Gasteiger partial charge in [-0.05, 0) is 18.2 Å². The highest BCUT2D eigenvalue weighted by atomic mass is 35.5. The topological polar surface area (TPSA) is 104 Å². The number of pyridine rings is 2. The van der Waals surface area contributed by atoms with E-state index in [1.54, 1.807) is 41.2 Å². The number of hydrogen-bond donors (Lipinski definition) is 2. The Labute approximate surface area is 239 Å². The van der Waals surface area contributed by atoms with Crippen molar-refractivity contribution in [2.24, 2.45) is 0 Å². The zero-order valence-electron chi connectivity index (χ0n) is 22.3. The van der Waals surface area contributed by atoms with Crippen molar-refractivity contribution in [2.75, 3.05) is 10.6 Å². The van der Waals surface area contributed by atoms with E-state index in [4.69, 9.17) is 11.6 Å². The third-order valence-electron chi connectivity index (χ3n) is 6.13. The standard InChI is InChI=1S/C28H24ClF3N8Si/c1-41(2,3)15-40-14-24(38-39-40)27(19-6-4-5-7-21(19)30)37-23-9-17(29)8-20-25(16(11-33)12-34-26(20)23)36-18-10-22(31)28(32)35-13-18/h4-10,12-14,27,37H,15H2,1-3H3,(H,34,36)/t27-/m0/s1. The first kappa shape index (κ1) is 28.1. The smallest absolute Gasteiger partial charge is 0.249 e. The monoisotopic (exact) mass is 592 g/mol. The summed E-state index contributed by atoms with van der Waals surface area (Å²) in [5.74, 6) is -2.84. The van der Waals surface area contributed by atoms with Gasteiger partial charge in [-0.2, -0.15) is 9.65 Å². The van der Waals surface area contributed by atoms with Crippen LogP contribution < -0.4 is 10.6 Å². The summed E-state index contributed by atoms with van der Waals surface area (Å²) in [5, 5.41) is 25.4. The number of fused-ring (bicyclic) bond motifs is 1. The van der Waals surface area contributed by atoms with Gasteiger partial charge >= 0.3 is 0 Å². The van der Waals surface area contributed by atoms with Crippen molar-refractivity contribution in [1.29, 1.82) is 5.26 Å². The van der Waals surface area contributed by atoms with E-state index in [-0.39, 0.29) is 22.0 Å². The third-order valence-corrected chi connectivity index (χ3v) is 7.62. The number of anilines is 3. The highest BCUT2D eigenvalue weighted by Gasteiger charge is 2.24. The minimum absolute atomic E-state index is 0.116. The molecular weight excluding hydrogens is 569 g/mol. The Morgan fingerprint density at radius 1 is 1.05 bits per heavy atom. The average molecular weight is 593 g/mol. The van der Waals surface area contributed by atoms with Gasteiger partial charge in [0.15, 0.2) is 5.82 Å². The SMILES string of the molecule is C[Si](C)(C)Cn1cc([C@@H](Nc2cc(Cl)cc3c(Nc4cnc(F)c(F)c4)c(C#N)cnc23)c2ccccc2F)nn1. The van der Waals surface area contributed by atoms with Gasteiger partial charge in [0.05, 0.1) is 48.6 Å². The van der Waals surface area contributed by atoms with Crippen LogP contribution in [-0.2, 0) is 6.17 Å². The molecule has 5 rings (SSSR count). The molecule has 0 saturated heterocycles. The van der Waals surface area contributed by atoms with Crippen LogP contribution in [0.4, 0.5) is 30.2 Å². The lowest BCUT2D eigenvalue weighted by Crippen LogP contribution is -2.28. The molecule has 0 unspecified atom stereocenters. The summed E-state index contributed by atoms with van der Waals surface area (Å²) in [4.78, 5) is 7.88. The molecule has 2 aromatic carbocycles. The number of nitriles is 1. The Hall–Kier alpha value is -4.47. The van der Waals surface area contributed by atoms with Crippen LogP contribution in [0.5, 0.6) is 0 Å². The molecule has 208 valence electrons. The molecule has 3 aromatic heterocycles. The molecule has 5 aromatic rings. The summed E-state index contributed by atoms with van der Waals surface area (Å²) in [6.45, 7) is 6.63. The highest BCUT2D eigenvalue weighted by Crippen LogP contribution is 2.37. The molecule has 0 fully saturated rings. The van der Waals surface area contributed by atoms with E-state index in [0.717, 1.165) is 18.4 Å². The van der Waals surface area contributed by atoms with Crippen molar-refractivity contribution in [3.8, 4) is 6.07 Å². The Kier molecular flexibility index (Phi) is 7.66. The minimum Gasteiger partial charge on any atom is -0.371 e. The van der Waals surface area contributed by atoms with Crippen LogP contribution in [-0.4, -0.2) is 33.0 Å². The first-order chi connectivity index (χ1) is 19.5. The molecule has 0 spiro atoms. The van der Waals surface area contributed by atoms with Gasteiger partial charge in [0, 0.05) is 34.4 Å². The van der Waals surface area contributed by atoms with Crippen molar-refractivity contribution in [3.63, 3.8) is 0 Å². The van der Waals surface area contributed by atoms with Gasteiger partial charge in [-0.15, -0.1) is 5.10 Å². The Balaban J connectivity index is 1.63. The van der Waals surface area contributed by atoms with Gasteiger partial charge in [0.25, 0.3) is 0 Å². The highest BCUT2D eigenvalue weighted by molar-refractivity contribution is 6.74. The van der Waals surface area contributed by atoms with E-state index in [0.29, 0.717) is 27.8 Å². The van der Waals surface area contributed by atoms with Crippen LogP contribution in [0.1, 0.15) is 22.9 Å². The molecule has 0 aliphatic rings. The number of benzene rings is 2. The van der Waals surface area contributed by atoms with Crippen molar-refractivity contribution in [2.45, 2.75) is 31.9 Å². The summed E-state index contributed by atoms with van der Waals surface area (Å²) >= 11 is 6.52. The van der Waals surface area contributed by atoms with E-state index in [9.17, 15) is 14.0 Å². The lowest BCUT2D eigenvalue weighted by Gasteiger charge is -2.21. The predicted octanol–water partition coefficient (Wildman–Crippen LogP) is 6.99. The van der Waals surface area contributed by atoms with E-state index in [2.05, 4.69) is 56.6 Å². The number of rotatable bonds is 8. The minimum atomic E-state index is -1.53. The molecule has 0 aliphatic heterocycles. The van der Waals surface area contributed by atoms with E-state index in [1.807, 2.05) is 0 Å². The molecule has 8 nitrogen and oxygen atoms in total. The Morgan fingerprint density at radius 2 is 1.83 bits per heavy atom. The normalized spacial score (nSPS) is 12.2.